The molecule has 0 saturated carbocycles. The van der Waals surface area contributed by atoms with E-state index in [1.165, 1.54) is 0 Å². The molecule has 2 N–H and O–H groups in total. The summed E-state index contributed by atoms with van der Waals surface area (Å²) in [4.78, 5) is 11.6. The highest BCUT2D eigenvalue weighted by Crippen LogP contribution is 2.31. The molecule has 0 bridgehead atoms. The zero-order valence-electron chi connectivity index (χ0n) is 10.7. The largest absolute Gasteiger partial charge is 0.449 e. The first-order chi connectivity index (χ1) is 8.58. The summed E-state index contributed by atoms with van der Waals surface area (Å²) < 4.78 is 5.07. The number of amides is 1. The lowest BCUT2D eigenvalue weighted by Crippen LogP contribution is -2.34. The molecule has 0 saturated heterocycles. The Balaban J connectivity index is 1.99. The minimum atomic E-state index is -0.575. The van der Waals surface area contributed by atoms with E-state index < -0.39 is 12.2 Å². The van der Waals surface area contributed by atoms with Crippen LogP contribution in [0.15, 0.2) is 24.3 Å². The molecule has 4 nitrogen and oxygen atoms in total. The molecule has 98 valence electrons. The third kappa shape index (κ3) is 2.82. The number of ether oxygens (including phenoxy) is 1. The summed E-state index contributed by atoms with van der Waals surface area (Å²) in [5.41, 5.74) is 2.06. The molecule has 2 atom stereocenters. The monoisotopic (exact) mass is 249 g/mol. The summed E-state index contributed by atoms with van der Waals surface area (Å²) in [5, 5.41) is 12.7. The maximum atomic E-state index is 11.6. The van der Waals surface area contributed by atoms with Crippen molar-refractivity contribution in [1.29, 1.82) is 0 Å². The number of hydrogen-bond donors (Lipinski definition) is 2. The molecular weight excluding hydrogens is 230 g/mol. The fraction of sp³-hybridized carbons (Fsp3) is 0.500. The van der Waals surface area contributed by atoms with Gasteiger partial charge in [0.25, 0.3) is 0 Å². The van der Waals surface area contributed by atoms with Crippen molar-refractivity contribution in [1.82, 2.24) is 5.32 Å². The molecule has 0 aromatic heterocycles. The van der Waals surface area contributed by atoms with Crippen molar-refractivity contribution in [2.24, 2.45) is 5.92 Å². The van der Waals surface area contributed by atoms with E-state index in [2.05, 4.69) is 5.32 Å². The van der Waals surface area contributed by atoms with Crippen molar-refractivity contribution < 1.29 is 14.6 Å². The zero-order valence-corrected chi connectivity index (χ0v) is 10.7. The molecule has 4 heteroatoms. The number of fused-ring (bicyclic) bond motifs is 1. The molecule has 18 heavy (non-hydrogen) atoms. The quantitative estimate of drug-likeness (QED) is 0.861. The Kier molecular flexibility index (Phi) is 3.87. The summed E-state index contributed by atoms with van der Waals surface area (Å²) in [7, 11) is 0. The second-order valence-electron chi connectivity index (χ2n) is 5.08. The third-order valence-electron chi connectivity index (χ3n) is 3.03. The van der Waals surface area contributed by atoms with Gasteiger partial charge in [0.05, 0.1) is 18.8 Å². The van der Waals surface area contributed by atoms with Crippen LogP contribution in [-0.4, -0.2) is 23.9 Å². The van der Waals surface area contributed by atoms with Gasteiger partial charge in [-0.3, -0.25) is 0 Å². The molecule has 0 unspecified atom stereocenters. The Hall–Kier alpha value is -1.55. The number of rotatable bonds is 3. The van der Waals surface area contributed by atoms with Crippen LogP contribution in [-0.2, 0) is 11.2 Å². The third-order valence-corrected chi connectivity index (χ3v) is 3.03. The van der Waals surface area contributed by atoms with Gasteiger partial charge in [-0.1, -0.05) is 38.1 Å². The molecule has 1 aromatic rings. The number of benzene rings is 1. The van der Waals surface area contributed by atoms with Gasteiger partial charge in [-0.05, 0) is 17.0 Å². The van der Waals surface area contributed by atoms with E-state index in [9.17, 15) is 9.90 Å². The molecule has 0 spiro atoms. The van der Waals surface area contributed by atoms with Crippen LogP contribution in [0.3, 0.4) is 0 Å². The zero-order chi connectivity index (χ0) is 13.1. The molecule has 2 rings (SSSR count). The van der Waals surface area contributed by atoms with E-state index in [4.69, 9.17) is 4.74 Å². The summed E-state index contributed by atoms with van der Waals surface area (Å²) in [6.07, 6.45) is -0.468. The molecule has 0 fully saturated rings. The van der Waals surface area contributed by atoms with E-state index >= 15 is 0 Å². The Morgan fingerprint density at radius 1 is 1.50 bits per heavy atom. The van der Waals surface area contributed by atoms with Gasteiger partial charge in [0.15, 0.2) is 0 Å². The molecule has 1 aliphatic carbocycles. The lowest BCUT2D eigenvalue weighted by Gasteiger charge is -2.18. The van der Waals surface area contributed by atoms with E-state index in [-0.39, 0.29) is 6.04 Å². The highest BCUT2D eigenvalue weighted by molar-refractivity contribution is 5.68. The number of carbonyl (C=O) groups excluding carboxylic acids is 1. The van der Waals surface area contributed by atoms with Crippen molar-refractivity contribution in [3.8, 4) is 0 Å². The predicted octanol–water partition coefficient (Wildman–Crippen LogP) is 2.03. The van der Waals surface area contributed by atoms with Gasteiger partial charge in [-0.2, -0.15) is 0 Å². The number of nitrogens with one attached hydrogen (secondary N) is 1. The first kappa shape index (κ1) is 12.9. The molecule has 0 heterocycles. The molecule has 0 radical (unpaired) electrons. The van der Waals surface area contributed by atoms with Gasteiger partial charge in [0, 0.05) is 6.42 Å². The van der Waals surface area contributed by atoms with Crippen LogP contribution >= 0.6 is 0 Å². The van der Waals surface area contributed by atoms with Crippen LogP contribution in [0.1, 0.15) is 31.0 Å². The number of aliphatic hydroxyl groups excluding tert-OH is 1. The van der Waals surface area contributed by atoms with Crippen LogP contribution in [0.5, 0.6) is 0 Å². The molecule has 1 aromatic carbocycles. The lowest BCUT2D eigenvalue weighted by molar-refractivity contribution is 0.106. The summed E-state index contributed by atoms with van der Waals surface area (Å²) in [5.74, 6) is 0.302. The molecule has 1 amide bonds. The number of aliphatic hydroxyl groups is 1. The SMILES string of the molecule is CC(C)COC(=O)N[C@@H]1c2ccccc2C[C@@H]1O. The first-order valence-corrected chi connectivity index (χ1v) is 6.27. The normalized spacial score (nSPS) is 21.8. The smallest absolute Gasteiger partial charge is 0.407 e. The summed E-state index contributed by atoms with van der Waals surface area (Å²) in [6, 6.07) is 7.38. The highest BCUT2D eigenvalue weighted by Gasteiger charge is 2.32. The van der Waals surface area contributed by atoms with Gasteiger partial charge < -0.3 is 15.2 Å². The van der Waals surface area contributed by atoms with E-state index in [0.717, 1.165) is 11.1 Å². The van der Waals surface area contributed by atoms with Crippen molar-refractivity contribution in [2.45, 2.75) is 32.4 Å². The van der Waals surface area contributed by atoms with Gasteiger partial charge >= 0.3 is 6.09 Å². The molecular formula is C14H19NO3. The molecule has 0 aliphatic heterocycles. The lowest BCUT2D eigenvalue weighted by atomic mass is 10.1. The standard InChI is InChI=1S/C14H19NO3/c1-9(2)8-18-14(17)15-13-11-6-4-3-5-10(11)7-12(13)16/h3-6,9,12-13,16H,7-8H2,1-2H3,(H,15,17)/t12-,13+/m0/s1. The second-order valence-corrected chi connectivity index (χ2v) is 5.08. The second kappa shape index (κ2) is 5.40. The number of hydrogen-bond acceptors (Lipinski definition) is 3. The first-order valence-electron chi connectivity index (χ1n) is 6.27. The maximum Gasteiger partial charge on any atom is 0.407 e. The minimum absolute atomic E-state index is 0.302. The fourth-order valence-corrected chi connectivity index (χ4v) is 2.16. The van der Waals surface area contributed by atoms with Crippen LogP contribution in [0.4, 0.5) is 4.79 Å². The van der Waals surface area contributed by atoms with Crippen LogP contribution in [0.25, 0.3) is 0 Å². The fourth-order valence-electron chi connectivity index (χ4n) is 2.16. The van der Waals surface area contributed by atoms with E-state index in [0.29, 0.717) is 18.9 Å². The van der Waals surface area contributed by atoms with E-state index in [1.807, 2.05) is 38.1 Å². The Morgan fingerprint density at radius 3 is 2.94 bits per heavy atom. The minimum Gasteiger partial charge on any atom is -0.449 e. The van der Waals surface area contributed by atoms with Crippen LogP contribution < -0.4 is 5.32 Å². The maximum absolute atomic E-state index is 11.6. The summed E-state index contributed by atoms with van der Waals surface area (Å²) >= 11 is 0. The van der Waals surface area contributed by atoms with Gasteiger partial charge in [0.2, 0.25) is 0 Å². The van der Waals surface area contributed by atoms with Gasteiger partial charge in [0.1, 0.15) is 0 Å². The van der Waals surface area contributed by atoms with Gasteiger partial charge in [-0.25, -0.2) is 4.79 Å². The van der Waals surface area contributed by atoms with Crippen LogP contribution in [0, 0.1) is 5.92 Å². The van der Waals surface area contributed by atoms with E-state index in [1.54, 1.807) is 0 Å². The molecule has 1 aliphatic rings. The Labute approximate surface area is 107 Å². The van der Waals surface area contributed by atoms with Gasteiger partial charge in [-0.15, -0.1) is 0 Å². The highest BCUT2D eigenvalue weighted by atomic mass is 16.5. The number of alkyl carbamates (subject to hydrolysis) is 1. The van der Waals surface area contributed by atoms with Crippen molar-refractivity contribution >= 4 is 6.09 Å². The Bertz CT molecular complexity index is 431. The summed E-state index contributed by atoms with van der Waals surface area (Å²) in [6.45, 7) is 4.34. The average molecular weight is 249 g/mol. The average Bonchev–Trinajstić information content (AvgIpc) is 2.64. The topological polar surface area (TPSA) is 58.6 Å². The van der Waals surface area contributed by atoms with Crippen molar-refractivity contribution in [3.05, 3.63) is 35.4 Å². The van der Waals surface area contributed by atoms with Crippen molar-refractivity contribution in [2.75, 3.05) is 6.61 Å². The van der Waals surface area contributed by atoms with Crippen LogP contribution in [0.2, 0.25) is 0 Å². The number of carbonyl (C=O) groups is 1. The van der Waals surface area contributed by atoms with Crippen molar-refractivity contribution in [3.63, 3.8) is 0 Å². The predicted molar refractivity (Wildman–Crippen MR) is 68.2 cm³/mol. The Morgan fingerprint density at radius 2 is 2.22 bits per heavy atom.